The summed E-state index contributed by atoms with van der Waals surface area (Å²) in [7, 11) is 1.20. The number of halogens is 4. The second-order valence-corrected chi connectivity index (χ2v) is 8.80. The van der Waals surface area contributed by atoms with Crippen LogP contribution in [0.1, 0.15) is 35.2 Å². The van der Waals surface area contributed by atoms with Crippen LogP contribution in [0.5, 0.6) is 0 Å². The van der Waals surface area contributed by atoms with Gasteiger partial charge in [-0.1, -0.05) is 28.1 Å². The van der Waals surface area contributed by atoms with Crippen LogP contribution >= 0.6 is 15.9 Å². The minimum absolute atomic E-state index is 0.0966. The van der Waals surface area contributed by atoms with Gasteiger partial charge in [-0.3, -0.25) is 15.2 Å². The number of allylic oxidation sites excluding steroid dienone is 1. The summed E-state index contributed by atoms with van der Waals surface area (Å²) in [6.07, 6.45) is -5.12. The average Bonchev–Trinajstić information content (AvgIpc) is 3.33. The molecule has 9 nitrogen and oxygen atoms in total. The monoisotopic (exact) mass is 591 g/mol. The van der Waals surface area contributed by atoms with E-state index in [1.165, 1.54) is 24.1 Å². The van der Waals surface area contributed by atoms with Gasteiger partial charge in [-0.25, -0.2) is 4.79 Å². The number of anilines is 1. The Morgan fingerprint density at radius 2 is 2.05 bits per heavy atom. The molecule has 1 N–H and O–H groups in total. The number of hydrazone groups is 1. The molecule has 2 aliphatic rings. The van der Waals surface area contributed by atoms with E-state index < -0.39 is 30.1 Å². The van der Waals surface area contributed by atoms with Crippen LogP contribution < -0.4 is 10.3 Å². The molecule has 2 aromatic rings. The van der Waals surface area contributed by atoms with Crippen LogP contribution in [0.3, 0.4) is 0 Å². The van der Waals surface area contributed by atoms with Crippen molar-refractivity contribution < 1.29 is 32.2 Å². The lowest BCUT2D eigenvalue weighted by molar-refractivity contribution is -0.138. The lowest BCUT2D eigenvalue weighted by Crippen LogP contribution is -2.54. The Labute approximate surface area is 224 Å². The first kappa shape index (κ1) is 27.2. The number of esters is 1. The molecule has 2 heterocycles. The summed E-state index contributed by atoms with van der Waals surface area (Å²) in [4.78, 5) is 27.3. The fourth-order valence-corrected chi connectivity index (χ4v) is 4.96. The standard InChI is InChI=1S/C25H21BrF3N5O4/c1-14-20(22(36)37-2)21(19-7-6-15(13-30)10-16(19)12-26)34-23(31-32-24(34)38-9-8-35)33(14)18-5-3-4-17(11-18)25(27,28)29/h3-8,10-11,21,24,32H,9,12H2,1-2H3/t21?,24-/m0/s1. The van der Waals surface area contributed by atoms with Gasteiger partial charge in [0.15, 0.2) is 0 Å². The quantitative estimate of drug-likeness (QED) is 0.291. The number of aldehydes is 1. The third kappa shape index (κ3) is 4.84. The van der Waals surface area contributed by atoms with Crippen molar-refractivity contribution in [3.05, 3.63) is 76.0 Å². The maximum Gasteiger partial charge on any atom is 0.416 e. The molecular weight excluding hydrogens is 571 g/mol. The predicted octanol–water partition coefficient (Wildman–Crippen LogP) is 4.16. The van der Waals surface area contributed by atoms with Crippen LogP contribution in [0.4, 0.5) is 18.9 Å². The smallest absolute Gasteiger partial charge is 0.416 e. The van der Waals surface area contributed by atoms with E-state index >= 15 is 0 Å². The number of carbonyl (C=O) groups excluding carboxylic acids is 2. The van der Waals surface area contributed by atoms with Crippen molar-refractivity contribution in [3.63, 3.8) is 0 Å². The van der Waals surface area contributed by atoms with Gasteiger partial charge >= 0.3 is 12.1 Å². The summed E-state index contributed by atoms with van der Waals surface area (Å²) >= 11 is 3.43. The van der Waals surface area contributed by atoms with E-state index in [4.69, 9.17) is 9.47 Å². The Morgan fingerprint density at radius 3 is 2.68 bits per heavy atom. The molecule has 2 aliphatic heterocycles. The van der Waals surface area contributed by atoms with E-state index in [-0.39, 0.29) is 29.5 Å². The zero-order valence-electron chi connectivity index (χ0n) is 20.1. The molecule has 198 valence electrons. The normalized spacial score (nSPS) is 18.9. The van der Waals surface area contributed by atoms with Gasteiger partial charge in [-0.15, -0.1) is 5.10 Å². The summed E-state index contributed by atoms with van der Waals surface area (Å²) in [6.45, 7) is 1.26. The van der Waals surface area contributed by atoms with Crippen LogP contribution in [0, 0.1) is 11.3 Å². The summed E-state index contributed by atoms with van der Waals surface area (Å²) in [6, 6.07) is 10.7. The van der Waals surface area contributed by atoms with Gasteiger partial charge in [-0.2, -0.15) is 18.4 Å². The molecule has 0 saturated carbocycles. The minimum Gasteiger partial charge on any atom is -0.466 e. The van der Waals surface area contributed by atoms with E-state index in [1.54, 1.807) is 30.0 Å². The Bertz CT molecular complexity index is 1370. The molecular formula is C25H21BrF3N5O4. The fourth-order valence-electron chi connectivity index (χ4n) is 4.47. The van der Waals surface area contributed by atoms with Crippen molar-refractivity contribution in [2.45, 2.75) is 30.8 Å². The fraction of sp³-hybridized carbons (Fsp3) is 0.280. The van der Waals surface area contributed by atoms with Gasteiger partial charge in [0, 0.05) is 16.7 Å². The number of nitriles is 1. The molecule has 0 amide bonds. The molecule has 0 saturated heterocycles. The van der Waals surface area contributed by atoms with E-state index in [2.05, 4.69) is 32.5 Å². The highest BCUT2D eigenvalue weighted by molar-refractivity contribution is 9.08. The maximum absolute atomic E-state index is 13.6. The first-order chi connectivity index (χ1) is 18.2. The predicted molar refractivity (Wildman–Crippen MR) is 133 cm³/mol. The number of alkyl halides is 4. The number of nitrogens with one attached hydrogen (secondary N) is 1. The minimum atomic E-state index is -4.60. The highest BCUT2D eigenvalue weighted by atomic mass is 79.9. The molecule has 0 bridgehead atoms. The van der Waals surface area contributed by atoms with Crippen molar-refractivity contribution in [3.8, 4) is 6.07 Å². The first-order valence-corrected chi connectivity index (χ1v) is 12.3. The zero-order valence-corrected chi connectivity index (χ0v) is 21.7. The number of methoxy groups -OCH3 is 1. The Kier molecular flexibility index (Phi) is 7.75. The molecule has 0 fully saturated rings. The lowest BCUT2D eigenvalue weighted by atomic mass is 9.89. The number of carbonyl (C=O) groups is 2. The Morgan fingerprint density at radius 1 is 1.29 bits per heavy atom. The SMILES string of the molecule is COC(=O)C1=C(C)N(c2cccc(C(F)(F)F)c2)C2=NN[C@H](OCC=O)N2C1c1ccc(C#N)cc1CBr. The second kappa shape index (κ2) is 10.8. The average molecular weight is 592 g/mol. The van der Waals surface area contributed by atoms with Gasteiger partial charge in [0.1, 0.15) is 12.9 Å². The van der Waals surface area contributed by atoms with Crippen LogP contribution in [0.15, 0.2) is 58.8 Å². The molecule has 0 aromatic heterocycles. The molecule has 2 aromatic carbocycles. The lowest BCUT2D eigenvalue weighted by Gasteiger charge is -2.44. The largest absolute Gasteiger partial charge is 0.466 e. The van der Waals surface area contributed by atoms with Crippen molar-refractivity contribution in [2.75, 3.05) is 18.6 Å². The maximum atomic E-state index is 13.6. The van der Waals surface area contributed by atoms with E-state index in [9.17, 15) is 28.0 Å². The molecule has 4 rings (SSSR count). The van der Waals surface area contributed by atoms with Gasteiger partial charge in [-0.05, 0) is 48.4 Å². The Hall–Kier alpha value is -3.89. The molecule has 13 heteroatoms. The number of hydrogen-bond acceptors (Lipinski definition) is 9. The van der Waals surface area contributed by atoms with E-state index in [0.29, 0.717) is 28.3 Å². The number of fused-ring (bicyclic) bond motifs is 1. The van der Waals surface area contributed by atoms with Crippen LogP contribution in [0.25, 0.3) is 0 Å². The van der Waals surface area contributed by atoms with Gasteiger partial charge < -0.3 is 14.3 Å². The number of benzene rings is 2. The van der Waals surface area contributed by atoms with Gasteiger partial charge in [0.2, 0.25) is 12.3 Å². The number of rotatable bonds is 7. The van der Waals surface area contributed by atoms with Crippen molar-refractivity contribution in [1.29, 1.82) is 5.26 Å². The summed E-state index contributed by atoms with van der Waals surface area (Å²) < 4.78 is 51.4. The highest BCUT2D eigenvalue weighted by Gasteiger charge is 2.48. The molecule has 0 aliphatic carbocycles. The third-order valence-electron chi connectivity index (χ3n) is 6.11. The number of ether oxygens (including phenoxy) is 2. The van der Waals surface area contributed by atoms with Crippen molar-refractivity contribution in [2.24, 2.45) is 5.10 Å². The van der Waals surface area contributed by atoms with Gasteiger partial charge in [0.25, 0.3) is 0 Å². The number of nitrogens with zero attached hydrogens (tertiary/aromatic N) is 4. The summed E-state index contributed by atoms with van der Waals surface area (Å²) in [5.41, 5.74) is 4.03. The summed E-state index contributed by atoms with van der Waals surface area (Å²) in [5.74, 6) is -0.588. The molecule has 1 unspecified atom stereocenters. The highest BCUT2D eigenvalue weighted by Crippen LogP contribution is 2.44. The summed E-state index contributed by atoms with van der Waals surface area (Å²) in [5, 5.41) is 14.0. The van der Waals surface area contributed by atoms with Crippen LogP contribution in [0.2, 0.25) is 0 Å². The molecule has 0 spiro atoms. The zero-order chi connectivity index (χ0) is 27.6. The van der Waals surface area contributed by atoms with Crippen LogP contribution in [-0.4, -0.2) is 43.2 Å². The number of hydrogen-bond donors (Lipinski definition) is 1. The van der Waals surface area contributed by atoms with Crippen molar-refractivity contribution >= 4 is 39.8 Å². The first-order valence-electron chi connectivity index (χ1n) is 11.2. The molecule has 38 heavy (non-hydrogen) atoms. The topological polar surface area (TPSA) is 107 Å². The molecule has 2 atom stereocenters. The van der Waals surface area contributed by atoms with Crippen LogP contribution in [-0.2, 0) is 30.6 Å². The van der Waals surface area contributed by atoms with E-state index in [1.807, 2.05) is 0 Å². The molecule has 0 radical (unpaired) electrons. The second-order valence-electron chi connectivity index (χ2n) is 8.24. The number of guanidine groups is 1. The Balaban J connectivity index is 1.99. The van der Waals surface area contributed by atoms with Crippen molar-refractivity contribution in [1.82, 2.24) is 10.3 Å². The third-order valence-corrected chi connectivity index (χ3v) is 6.71. The van der Waals surface area contributed by atoms with E-state index in [0.717, 1.165) is 12.1 Å². The van der Waals surface area contributed by atoms with Gasteiger partial charge in [0.05, 0.1) is 35.9 Å².